The number of benzene rings is 2. The van der Waals surface area contributed by atoms with Gasteiger partial charge in [-0.05, 0) is 48.7 Å². The van der Waals surface area contributed by atoms with Gasteiger partial charge in [0.1, 0.15) is 11.9 Å². The number of aryl methyl sites for hydroxylation is 1. The van der Waals surface area contributed by atoms with Crippen LogP contribution in [0.25, 0.3) is 0 Å². The highest BCUT2D eigenvalue weighted by Gasteiger charge is 2.21. The molecule has 21 heavy (non-hydrogen) atoms. The van der Waals surface area contributed by atoms with Crippen LogP contribution in [0.15, 0.2) is 46.9 Å². The van der Waals surface area contributed by atoms with E-state index in [1.807, 2.05) is 49.4 Å². The Labute approximate surface area is 139 Å². The molecule has 2 nitrogen and oxygen atoms in total. The Balaban J connectivity index is 2.35. The second-order valence-corrected chi connectivity index (χ2v) is 6.42. The molecule has 2 aromatic rings. The zero-order valence-electron chi connectivity index (χ0n) is 12.1. The van der Waals surface area contributed by atoms with Gasteiger partial charge in [0.25, 0.3) is 0 Å². The first-order chi connectivity index (χ1) is 10.0. The zero-order chi connectivity index (χ0) is 15.4. The van der Waals surface area contributed by atoms with Crippen molar-refractivity contribution in [1.82, 2.24) is 0 Å². The van der Waals surface area contributed by atoms with Gasteiger partial charge in [-0.1, -0.05) is 52.7 Å². The Bertz CT molecular complexity index is 617. The van der Waals surface area contributed by atoms with Crippen LogP contribution in [0.1, 0.15) is 30.6 Å². The van der Waals surface area contributed by atoms with Crippen molar-refractivity contribution >= 4 is 27.5 Å². The maximum atomic E-state index is 6.25. The van der Waals surface area contributed by atoms with Crippen LogP contribution in [0.3, 0.4) is 0 Å². The number of rotatable bonds is 5. The van der Waals surface area contributed by atoms with Gasteiger partial charge in [0.15, 0.2) is 0 Å². The standard InChI is InChI=1S/C17H19BrClNO/c1-3-15(20)17(12-5-4-6-13(18)10-12)21-16-9-11(2)7-8-14(16)19/h4-10,15,17H,3,20H2,1-2H3. The van der Waals surface area contributed by atoms with Gasteiger partial charge < -0.3 is 10.5 Å². The minimum atomic E-state index is -0.230. The summed E-state index contributed by atoms with van der Waals surface area (Å²) >= 11 is 9.72. The molecule has 0 aliphatic rings. The summed E-state index contributed by atoms with van der Waals surface area (Å²) in [6.07, 6.45) is 0.590. The number of hydrogen-bond acceptors (Lipinski definition) is 2. The molecule has 0 amide bonds. The molecule has 2 N–H and O–H groups in total. The summed E-state index contributed by atoms with van der Waals surface area (Å²) in [5.41, 5.74) is 8.39. The molecule has 0 radical (unpaired) electrons. The van der Waals surface area contributed by atoms with E-state index in [2.05, 4.69) is 22.9 Å². The zero-order valence-corrected chi connectivity index (χ0v) is 14.5. The summed E-state index contributed by atoms with van der Waals surface area (Å²) < 4.78 is 7.15. The molecule has 0 spiro atoms. The summed E-state index contributed by atoms with van der Waals surface area (Å²) in [7, 11) is 0. The largest absolute Gasteiger partial charge is 0.483 e. The summed E-state index contributed by atoms with van der Waals surface area (Å²) in [4.78, 5) is 0. The highest BCUT2D eigenvalue weighted by Crippen LogP contribution is 2.32. The second kappa shape index (κ2) is 7.30. The molecule has 2 unspecified atom stereocenters. The minimum Gasteiger partial charge on any atom is -0.483 e. The molecule has 0 aliphatic heterocycles. The number of ether oxygens (including phenoxy) is 1. The molecule has 0 bridgehead atoms. The second-order valence-electron chi connectivity index (χ2n) is 5.10. The van der Waals surface area contributed by atoms with Crippen molar-refractivity contribution in [2.75, 3.05) is 0 Å². The van der Waals surface area contributed by atoms with Crippen LogP contribution in [0.2, 0.25) is 5.02 Å². The molecule has 0 saturated heterocycles. The Morgan fingerprint density at radius 2 is 2.00 bits per heavy atom. The molecule has 0 aromatic heterocycles. The first-order valence-electron chi connectivity index (χ1n) is 6.95. The molecule has 0 heterocycles. The van der Waals surface area contributed by atoms with Crippen LogP contribution < -0.4 is 10.5 Å². The quantitative estimate of drug-likeness (QED) is 0.780. The average Bonchev–Trinajstić information content (AvgIpc) is 2.47. The van der Waals surface area contributed by atoms with Gasteiger partial charge in [-0.3, -0.25) is 0 Å². The van der Waals surface area contributed by atoms with Crippen molar-refractivity contribution in [3.8, 4) is 5.75 Å². The van der Waals surface area contributed by atoms with E-state index in [1.165, 1.54) is 0 Å². The van der Waals surface area contributed by atoms with Crippen LogP contribution in [0.4, 0.5) is 0 Å². The minimum absolute atomic E-state index is 0.101. The predicted molar refractivity (Wildman–Crippen MR) is 92.0 cm³/mol. The maximum Gasteiger partial charge on any atom is 0.139 e. The molecule has 2 rings (SSSR count). The van der Waals surface area contributed by atoms with Gasteiger partial charge in [0, 0.05) is 10.5 Å². The fourth-order valence-electron chi connectivity index (χ4n) is 2.14. The molecule has 0 saturated carbocycles. The molecule has 112 valence electrons. The lowest BCUT2D eigenvalue weighted by Gasteiger charge is -2.25. The third kappa shape index (κ3) is 4.22. The van der Waals surface area contributed by atoms with Crippen LogP contribution in [-0.4, -0.2) is 6.04 Å². The molecule has 2 aromatic carbocycles. The molecule has 4 heteroatoms. The highest BCUT2D eigenvalue weighted by molar-refractivity contribution is 9.10. The van der Waals surface area contributed by atoms with Crippen LogP contribution in [-0.2, 0) is 0 Å². The third-order valence-electron chi connectivity index (χ3n) is 3.38. The fraction of sp³-hybridized carbons (Fsp3) is 0.294. The van der Waals surface area contributed by atoms with Gasteiger partial charge in [-0.2, -0.15) is 0 Å². The van der Waals surface area contributed by atoms with Crippen molar-refractivity contribution in [3.05, 3.63) is 63.1 Å². The molecule has 0 fully saturated rings. The smallest absolute Gasteiger partial charge is 0.139 e. The van der Waals surface area contributed by atoms with Gasteiger partial charge in [0.2, 0.25) is 0 Å². The number of nitrogens with two attached hydrogens (primary N) is 1. The SMILES string of the molecule is CCC(N)C(Oc1cc(C)ccc1Cl)c1cccc(Br)c1. The summed E-state index contributed by atoms with van der Waals surface area (Å²) in [6, 6.07) is 13.7. The van der Waals surface area contributed by atoms with Crippen molar-refractivity contribution in [1.29, 1.82) is 0 Å². The van der Waals surface area contributed by atoms with Crippen LogP contribution >= 0.6 is 27.5 Å². The highest BCUT2D eigenvalue weighted by atomic mass is 79.9. The van der Waals surface area contributed by atoms with E-state index in [0.717, 1.165) is 22.0 Å². The van der Waals surface area contributed by atoms with Crippen LogP contribution in [0, 0.1) is 6.92 Å². The Hall–Kier alpha value is -1.03. The van der Waals surface area contributed by atoms with Crippen molar-refractivity contribution in [2.45, 2.75) is 32.4 Å². The lowest BCUT2D eigenvalue weighted by Crippen LogP contribution is -2.31. The molecular formula is C17H19BrClNO. The van der Waals surface area contributed by atoms with Crippen molar-refractivity contribution < 1.29 is 4.74 Å². The normalized spacial score (nSPS) is 13.8. The van der Waals surface area contributed by atoms with Gasteiger partial charge >= 0.3 is 0 Å². The number of hydrogen-bond donors (Lipinski definition) is 1. The van der Waals surface area contributed by atoms with E-state index in [4.69, 9.17) is 22.1 Å². The Kier molecular flexibility index (Phi) is 5.68. The van der Waals surface area contributed by atoms with Crippen molar-refractivity contribution in [3.63, 3.8) is 0 Å². The summed E-state index contributed by atoms with van der Waals surface area (Å²) in [6.45, 7) is 4.06. The fourth-order valence-corrected chi connectivity index (χ4v) is 2.72. The van der Waals surface area contributed by atoms with E-state index < -0.39 is 0 Å². The first kappa shape index (κ1) is 16.3. The summed E-state index contributed by atoms with van der Waals surface area (Å²) in [5, 5.41) is 0.601. The lowest BCUT2D eigenvalue weighted by atomic mass is 10.0. The van der Waals surface area contributed by atoms with Gasteiger partial charge in [-0.15, -0.1) is 0 Å². The predicted octanol–water partition coefficient (Wildman–Crippen LogP) is 5.27. The van der Waals surface area contributed by atoms with E-state index in [0.29, 0.717) is 10.8 Å². The summed E-state index contributed by atoms with van der Waals surface area (Å²) in [5.74, 6) is 0.672. The van der Waals surface area contributed by atoms with E-state index in [1.54, 1.807) is 0 Å². The maximum absolute atomic E-state index is 6.25. The molecule has 2 atom stereocenters. The average molecular weight is 369 g/mol. The monoisotopic (exact) mass is 367 g/mol. The van der Waals surface area contributed by atoms with E-state index in [9.17, 15) is 0 Å². The molecular weight excluding hydrogens is 350 g/mol. The van der Waals surface area contributed by atoms with E-state index in [-0.39, 0.29) is 12.1 Å². The van der Waals surface area contributed by atoms with Crippen LogP contribution in [0.5, 0.6) is 5.75 Å². The van der Waals surface area contributed by atoms with Gasteiger partial charge in [0.05, 0.1) is 5.02 Å². The Morgan fingerprint density at radius 1 is 1.24 bits per heavy atom. The van der Waals surface area contributed by atoms with E-state index >= 15 is 0 Å². The van der Waals surface area contributed by atoms with Gasteiger partial charge in [-0.25, -0.2) is 0 Å². The molecule has 0 aliphatic carbocycles. The van der Waals surface area contributed by atoms with Crippen molar-refractivity contribution in [2.24, 2.45) is 5.73 Å². The number of halogens is 2. The first-order valence-corrected chi connectivity index (χ1v) is 8.12. The third-order valence-corrected chi connectivity index (χ3v) is 4.18. The topological polar surface area (TPSA) is 35.2 Å². The lowest BCUT2D eigenvalue weighted by molar-refractivity contribution is 0.171. The Morgan fingerprint density at radius 3 is 2.67 bits per heavy atom.